The third-order valence-corrected chi connectivity index (χ3v) is 3.76. The number of aliphatic hydroxyl groups excluding tert-OH is 1. The molecule has 0 saturated heterocycles. The van der Waals surface area contributed by atoms with Crippen LogP contribution in [0.25, 0.3) is 0 Å². The Morgan fingerprint density at radius 2 is 2.42 bits per heavy atom. The van der Waals surface area contributed by atoms with Crippen molar-refractivity contribution in [3.05, 3.63) is 19.8 Å². The maximum absolute atomic E-state index is 8.51. The minimum absolute atomic E-state index is 0.167. The van der Waals surface area contributed by atoms with Gasteiger partial charge < -0.3 is 10.4 Å². The second kappa shape index (κ2) is 5.19. The molecule has 0 spiro atoms. The Balaban J connectivity index is 2.42. The van der Waals surface area contributed by atoms with Crippen LogP contribution in [0.1, 0.15) is 4.88 Å². The summed E-state index contributed by atoms with van der Waals surface area (Å²) < 4.78 is 1.71. The zero-order valence-corrected chi connectivity index (χ0v) is 9.47. The molecule has 2 nitrogen and oxygen atoms in total. The predicted octanol–water partition coefficient (Wildman–Crippen LogP) is 2.25. The topological polar surface area (TPSA) is 32.3 Å². The highest BCUT2D eigenvalue weighted by atomic mass is 79.9. The van der Waals surface area contributed by atoms with Crippen molar-refractivity contribution in [3.63, 3.8) is 0 Å². The van der Waals surface area contributed by atoms with Crippen molar-refractivity contribution in [2.45, 2.75) is 6.54 Å². The fraction of sp³-hybridized carbons (Fsp3) is 0.429. The summed E-state index contributed by atoms with van der Waals surface area (Å²) in [7, 11) is 0. The van der Waals surface area contributed by atoms with Crippen LogP contribution in [-0.2, 0) is 6.54 Å². The van der Waals surface area contributed by atoms with Gasteiger partial charge in [0.2, 0.25) is 0 Å². The lowest BCUT2D eigenvalue weighted by atomic mass is 10.4. The summed E-state index contributed by atoms with van der Waals surface area (Å²) in [4.78, 5) is 1.17. The van der Waals surface area contributed by atoms with E-state index < -0.39 is 0 Å². The SMILES string of the molecule is OCCNCc1cc(Br)c(Cl)s1. The molecule has 68 valence electrons. The number of hydrogen-bond donors (Lipinski definition) is 2. The molecule has 1 rings (SSSR count). The number of nitrogens with one attached hydrogen (secondary N) is 1. The molecule has 0 bridgehead atoms. The molecular formula is C7H9BrClNOS. The average Bonchev–Trinajstić information content (AvgIpc) is 2.32. The van der Waals surface area contributed by atoms with E-state index in [0.29, 0.717) is 6.54 Å². The van der Waals surface area contributed by atoms with E-state index in [-0.39, 0.29) is 6.61 Å². The van der Waals surface area contributed by atoms with Crippen molar-refractivity contribution in [2.24, 2.45) is 0 Å². The molecule has 1 aromatic rings. The number of hydrogen-bond acceptors (Lipinski definition) is 3. The highest BCUT2D eigenvalue weighted by Crippen LogP contribution is 2.31. The summed E-state index contributed by atoms with van der Waals surface area (Å²) in [5.74, 6) is 0. The van der Waals surface area contributed by atoms with Crippen molar-refractivity contribution in [2.75, 3.05) is 13.2 Å². The van der Waals surface area contributed by atoms with Gasteiger partial charge in [0.05, 0.1) is 6.61 Å². The molecule has 0 atom stereocenters. The van der Waals surface area contributed by atoms with E-state index in [4.69, 9.17) is 16.7 Å². The molecule has 12 heavy (non-hydrogen) atoms. The first-order chi connectivity index (χ1) is 5.74. The minimum atomic E-state index is 0.167. The second-order valence-electron chi connectivity index (χ2n) is 2.23. The van der Waals surface area contributed by atoms with E-state index in [1.807, 2.05) is 6.07 Å². The largest absolute Gasteiger partial charge is 0.395 e. The van der Waals surface area contributed by atoms with Gasteiger partial charge >= 0.3 is 0 Å². The zero-order chi connectivity index (χ0) is 8.97. The van der Waals surface area contributed by atoms with Crippen LogP contribution in [0, 0.1) is 0 Å². The van der Waals surface area contributed by atoms with E-state index in [9.17, 15) is 0 Å². The molecule has 5 heteroatoms. The average molecular weight is 271 g/mol. The van der Waals surface area contributed by atoms with Gasteiger partial charge in [0.15, 0.2) is 0 Å². The summed E-state index contributed by atoms with van der Waals surface area (Å²) in [6, 6.07) is 1.98. The second-order valence-corrected chi connectivity index (χ2v) is 4.83. The van der Waals surface area contributed by atoms with Gasteiger partial charge in [-0.05, 0) is 22.0 Å². The molecule has 1 heterocycles. The van der Waals surface area contributed by atoms with Crippen LogP contribution in [0.3, 0.4) is 0 Å². The Morgan fingerprint density at radius 3 is 2.92 bits per heavy atom. The molecule has 0 aliphatic rings. The van der Waals surface area contributed by atoms with E-state index in [1.54, 1.807) is 0 Å². The van der Waals surface area contributed by atoms with Crippen molar-refractivity contribution < 1.29 is 5.11 Å². The molecule has 0 saturated carbocycles. The van der Waals surface area contributed by atoms with Crippen molar-refractivity contribution in [1.29, 1.82) is 0 Å². The Morgan fingerprint density at radius 1 is 1.67 bits per heavy atom. The number of thiophene rings is 1. The smallest absolute Gasteiger partial charge is 0.107 e. The Labute approximate surface area is 88.7 Å². The normalized spacial score (nSPS) is 10.6. The zero-order valence-electron chi connectivity index (χ0n) is 6.31. The monoisotopic (exact) mass is 269 g/mol. The van der Waals surface area contributed by atoms with Crippen LogP contribution in [0.15, 0.2) is 10.5 Å². The predicted molar refractivity (Wildman–Crippen MR) is 55.8 cm³/mol. The van der Waals surface area contributed by atoms with Gasteiger partial charge in [-0.15, -0.1) is 11.3 Å². The molecule has 2 N–H and O–H groups in total. The Hall–Kier alpha value is 0.390. The lowest BCUT2D eigenvalue weighted by Gasteiger charge is -1.97. The van der Waals surface area contributed by atoms with Crippen molar-refractivity contribution in [1.82, 2.24) is 5.32 Å². The van der Waals surface area contributed by atoms with Crippen LogP contribution in [0.5, 0.6) is 0 Å². The highest BCUT2D eigenvalue weighted by molar-refractivity contribution is 9.10. The molecule has 1 aromatic heterocycles. The van der Waals surface area contributed by atoms with E-state index in [1.165, 1.54) is 16.2 Å². The first-order valence-electron chi connectivity index (χ1n) is 3.49. The van der Waals surface area contributed by atoms with Crippen LogP contribution < -0.4 is 5.32 Å². The lowest BCUT2D eigenvalue weighted by molar-refractivity contribution is 0.292. The Kier molecular flexibility index (Phi) is 4.53. The summed E-state index contributed by atoms with van der Waals surface area (Å²) in [5, 5.41) is 11.6. The fourth-order valence-corrected chi connectivity index (χ4v) is 2.53. The van der Waals surface area contributed by atoms with Gasteiger partial charge in [0.1, 0.15) is 4.34 Å². The molecule has 0 fully saturated rings. The van der Waals surface area contributed by atoms with Gasteiger partial charge in [-0.1, -0.05) is 11.6 Å². The number of rotatable bonds is 4. The summed E-state index contributed by atoms with van der Waals surface area (Å²) in [6.45, 7) is 1.55. The summed E-state index contributed by atoms with van der Waals surface area (Å²) >= 11 is 10.7. The fourth-order valence-electron chi connectivity index (χ4n) is 0.769. The lowest BCUT2D eigenvalue weighted by Crippen LogP contribution is -2.16. The Bertz CT molecular complexity index is 234. The molecule has 0 unspecified atom stereocenters. The third kappa shape index (κ3) is 3.03. The van der Waals surface area contributed by atoms with E-state index in [2.05, 4.69) is 21.2 Å². The minimum Gasteiger partial charge on any atom is -0.395 e. The standard InChI is InChI=1S/C7H9BrClNOS/c8-6-3-5(12-7(6)9)4-10-1-2-11/h3,10-11H,1-2,4H2. The van der Waals surface area contributed by atoms with E-state index >= 15 is 0 Å². The van der Waals surface area contributed by atoms with E-state index in [0.717, 1.165) is 15.4 Å². The maximum Gasteiger partial charge on any atom is 0.107 e. The molecule has 0 aliphatic heterocycles. The first-order valence-corrected chi connectivity index (χ1v) is 5.48. The van der Waals surface area contributed by atoms with Gasteiger partial charge in [-0.2, -0.15) is 0 Å². The van der Waals surface area contributed by atoms with Crippen molar-refractivity contribution in [3.8, 4) is 0 Å². The molecule has 0 amide bonds. The summed E-state index contributed by atoms with van der Waals surface area (Å²) in [5.41, 5.74) is 0. The van der Waals surface area contributed by atoms with Gasteiger partial charge in [-0.25, -0.2) is 0 Å². The highest BCUT2D eigenvalue weighted by Gasteiger charge is 2.02. The molecule has 0 aromatic carbocycles. The van der Waals surface area contributed by atoms with Gasteiger partial charge in [0.25, 0.3) is 0 Å². The first kappa shape index (κ1) is 10.5. The van der Waals surface area contributed by atoms with Gasteiger partial charge in [0, 0.05) is 22.4 Å². The van der Waals surface area contributed by atoms with Gasteiger partial charge in [-0.3, -0.25) is 0 Å². The molecule has 0 radical (unpaired) electrons. The number of halogens is 2. The van der Waals surface area contributed by atoms with Crippen LogP contribution in [0.2, 0.25) is 4.34 Å². The summed E-state index contributed by atoms with van der Waals surface area (Å²) in [6.07, 6.45) is 0. The third-order valence-electron chi connectivity index (χ3n) is 1.28. The molecular weight excluding hydrogens is 262 g/mol. The quantitative estimate of drug-likeness (QED) is 0.823. The maximum atomic E-state index is 8.51. The van der Waals surface area contributed by atoms with Crippen LogP contribution in [0.4, 0.5) is 0 Å². The molecule has 0 aliphatic carbocycles. The number of aliphatic hydroxyl groups is 1. The van der Waals surface area contributed by atoms with Crippen LogP contribution >= 0.6 is 38.9 Å². The van der Waals surface area contributed by atoms with Crippen molar-refractivity contribution >= 4 is 38.9 Å². The van der Waals surface area contributed by atoms with Crippen LogP contribution in [-0.4, -0.2) is 18.3 Å².